The van der Waals surface area contributed by atoms with Crippen LogP contribution in [0.2, 0.25) is 0 Å². The highest BCUT2D eigenvalue weighted by Crippen LogP contribution is 2.16. The number of likely N-dealkylation sites (tertiary alicyclic amines) is 1. The van der Waals surface area contributed by atoms with Gasteiger partial charge >= 0.3 is 0 Å². The lowest BCUT2D eigenvalue weighted by molar-refractivity contribution is 0.262. The number of nitrogens with two attached hydrogens (primary N) is 1. The van der Waals surface area contributed by atoms with E-state index in [2.05, 4.69) is 35.2 Å². The molecular formula is C13H20N2. The van der Waals surface area contributed by atoms with Gasteiger partial charge in [-0.25, -0.2) is 0 Å². The first-order valence-corrected chi connectivity index (χ1v) is 5.88. The van der Waals surface area contributed by atoms with Crippen molar-refractivity contribution >= 4 is 0 Å². The topological polar surface area (TPSA) is 29.3 Å². The van der Waals surface area contributed by atoms with E-state index in [1.165, 1.54) is 24.9 Å². The molecule has 1 heterocycles. The van der Waals surface area contributed by atoms with Crippen molar-refractivity contribution in [2.75, 3.05) is 19.6 Å². The van der Waals surface area contributed by atoms with Gasteiger partial charge in [0.05, 0.1) is 0 Å². The van der Waals surface area contributed by atoms with Crippen LogP contribution in [0, 0.1) is 0 Å². The average Bonchev–Trinajstić information content (AvgIpc) is 2.75. The maximum Gasteiger partial charge on any atom is 0.0219 e. The van der Waals surface area contributed by atoms with Gasteiger partial charge in [0, 0.05) is 19.1 Å². The monoisotopic (exact) mass is 204 g/mol. The van der Waals surface area contributed by atoms with E-state index in [0.29, 0.717) is 6.04 Å². The molecule has 1 saturated heterocycles. The molecule has 0 bridgehead atoms. The standard InChI is InChI=1S/C13H20N2/c14-11-13-7-4-9-15(13)10-8-12-5-2-1-3-6-12/h1-3,5-6,13H,4,7-11,14H2. The van der Waals surface area contributed by atoms with Gasteiger partial charge in [-0.3, -0.25) is 4.90 Å². The molecule has 1 aliphatic rings. The van der Waals surface area contributed by atoms with E-state index >= 15 is 0 Å². The van der Waals surface area contributed by atoms with Crippen LogP contribution in [-0.2, 0) is 6.42 Å². The molecule has 1 aromatic rings. The Kier molecular flexibility index (Phi) is 3.75. The largest absolute Gasteiger partial charge is 0.329 e. The SMILES string of the molecule is NCC1CCCN1CCc1ccccc1. The lowest BCUT2D eigenvalue weighted by atomic mass is 10.1. The van der Waals surface area contributed by atoms with Crippen molar-refractivity contribution in [3.8, 4) is 0 Å². The van der Waals surface area contributed by atoms with Crippen molar-refractivity contribution in [2.45, 2.75) is 25.3 Å². The third-order valence-corrected chi connectivity index (χ3v) is 3.30. The van der Waals surface area contributed by atoms with Crippen LogP contribution in [0.15, 0.2) is 30.3 Å². The van der Waals surface area contributed by atoms with Crippen LogP contribution in [-0.4, -0.2) is 30.6 Å². The fourth-order valence-electron chi connectivity index (χ4n) is 2.37. The van der Waals surface area contributed by atoms with Crippen LogP contribution < -0.4 is 5.73 Å². The average molecular weight is 204 g/mol. The zero-order valence-electron chi connectivity index (χ0n) is 9.23. The first kappa shape index (κ1) is 10.7. The Morgan fingerprint density at radius 1 is 1.27 bits per heavy atom. The molecule has 0 spiro atoms. The minimum absolute atomic E-state index is 0.633. The lowest BCUT2D eigenvalue weighted by Crippen LogP contribution is -2.36. The molecule has 2 rings (SSSR count). The summed E-state index contributed by atoms with van der Waals surface area (Å²) in [6, 6.07) is 11.3. The van der Waals surface area contributed by atoms with E-state index in [1.54, 1.807) is 0 Å². The Hall–Kier alpha value is -0.860. The maximum absolute atomic E-state index is 5.75. The van der Waals surface area contributed by atoms with E-state index in [0.717, 1.165) is 19.5 Å². The first-order chi connectivity index (χ1) is 7.40. The van der Waals surface area contributed by atoms with Gasteiger partial charge in [-0.05, 0) is 31.4 Å². The second kappa shape index (κ2) is 5.29. The summed E-state index contributed by atoms with van der Waals surface area (Å²) in [7, 11) is 0. The van der Waals surface area contributed by atoms with Crippen LogP contribution in [0.4, 0.5) is 0 Å². The molecule has 1 fully saturated rings. The Bertz CT molecular complexity index is 284. The molecule has 1 atom stereocenters. The van der Waals surface area contributed by atoms with Crippen LogP contribution in [0.1, 0.15) is 18.4 Å². The molecule has 0 radical (unpaired) electrons. The molecule has 82 valence electrons. The summed E-state index contributed by atoms with van der Waals surface area (Å²) in [5.41, 5.74) is 7.18. The second-order valence-electron chi connectivity index (χ2n) is 4.30. The molecule has 0 aliphatic carbocycles. The van der Waals surface area contributed by atoms with E-state index in [4.69, 9.17) is 5.73 Å². The summed E-state index contributed by atoms with van der Waals surface area (Å²) in [5.74, 6) is 0. The molecule has 2 N–H and O–H groups in total. The minimum Gasteiger partial charge on any atom is -0.329 e. The smallest absolute Gasteiger partial charge is 0.0219 e. The highest BCUT2D eigenvalue weighted by atomic mass is 15.2. The molecule has 15 heavy (non-hydrogen) atoms. The summed E-state index contributed by atoms with van der Waals surface area (Å²) in [6.45, 7) is 3.20. The number of hydrogen-bond acceptors (Lipinski definition) is 2. The van der Waals surface area contributed by atoms with Gasteiger partial charge in [-0.2, -0.15) is 0 Å². The minimum atomic E-state index is 0.633. The van der Waals surface area contributed by atoms with E-state index in [1.807, 2.05) is 0 Å². The van der Waals surface area contributed by atoms with Crippen molar-refractivity contribution < 1.29 is 0 Å². The Labute approximate surface area is 92.1 Å². The summed E-state index contributed by atoms with van der Waals surface area (Å²) in [5, 5.41) is 0. The predicted molar refractivity (Wildman–Crippen MR) is 63.8 cm³/mol. The van der Waals surface area contributed by atoms with E-state index < -0.39 is 0 Å². The van der Waals surface area contributed by atoms with Crippen LogP contribution in [0.3, 0.4) is 0 Å². The molecule has 2 heteroatoms. The van der Waals surface area contributed by atoms with E-state index in [9.17, 15) is 0 Å². The summed E-state index contributed by atoms with van der Waals surface area (Å²) < 4.78 is 0. The van der Waals surface area contributed by atoms with Gasteiger partial charge in [-0.15, -0.1) is 0 Å². The maximum atomic E-state index is 5.75. The van der Waals surface area contributed by atoms with Crippen molar-refractivity contribution in [3.63, 3.8) is 0 Å². The van der Waals surface area contributed by atoms with Crippen molar-refractivity contribution in [1.82, 2.24) is 4.90 Å². The predicted octanol–water partition coefficient (Wildman–Crippen LogP) is 1.65. The summed E-state index contributed by atoms with van der Waals surface area (Å²) >= 11 is 0. The molecule has 0 saturated carbocycles. The molecular weight excluding hydrogens is 184 g/mol. The zero-order valence-corrected chi connectivity index (χ0v) is 9.23. The molecule has 1 unspecified atom stereocenters. The summed E-state index contributed by atoms with van der Waals surface area (Å²) in [6.07, 6.45) is 3.75. The normalized spacial score (nSPS) is 22.1. The highest BCUT2D eigenvalue weighted by molar-refractivity contribution is 5.14. The highest BCUT2D eigenvalue weighted by Gasteiger charge is 2.22. The van der Waals surface area contributed by atoms with Crippen molar-refractivity contribution in [3.05, 3.63) is 35.9 Å². The fourth-order valence-corrected chi connectivity index (χ4v) is 2.37. The fraction of sp³-hybridized carbons (Fsp3) is 0.538. The summed E-state index contributed by atoms with van der Waals surface area (Å²) in [4.78, 5) is 2.53. The lowest BCUT2D eigenvalue weighted by Gasteiger charge is -2.22. The third-order valence-electron chi connectivity index (χ3n) is 3.30. The molecule has 1 aromatic carbocycles. The zero-order chi connectivity index (χ0) is 10.5. The Morgan fingerprint density at radius 2 is 2.07 bits per heavy atom. The van der Waals surface area contributed by atoms with Gasteiger partial charge < -0.3 is 5.73 Å². The number of hydrogen-bond donors (Lipinski definition) is 1. The van der Waals surface area contributed by atoms with E-state index in [-0.39, 0.29) is 0 Å². The van der Waals surface area contributed by atoms with Crippen LogP contribution in [0.25, 0.3) is 0 Å². The Balaban J connectivity index is 1.83. The van der Waals surface area contributed by atoms with Crippen LogP contribution in [0.5, 0.6) is 0 Å². The Morgan fingerprint density at radius 3 is 2.80 bits per heavy atom. The number of nitrogens with zero attached hydrogens (tertiary/aromatic N) is 1. The molecule has 1 aliphatic heterocycles. The van der Waals surface area contributed by atoms with Crippen molar-refractivity contribution in [1.29, 1.82) is 0 Å². The van der Waals surface area contributed by atoms with Gasteiger partial charge in [-0.1, -0.05) is 30.3 Å². The van der Waals surface area contributed by atoms with Crippen molar-refractivity contribution in [2.24, 2.45) is 5.73 Å². The second-order valence-corrected chi connectivity index (χ2v) is 4.30. The molecule has 0 aromatic heterocycles. The first-order valence-electron chi connectivity index (χ1n) is 5.88. The molecule has 0 amide bonds. The van der Waals surface area contributed by atoms with Gasteiger partial charge in [0.2, 0.25) is 0 Å². The molecule has 2 nitrogen and oxygen atoms in total. The number of benzene rings is 1. The quantitative estimate of drug-likeness (QED) is 0.808. The van der Waals surface area contributed by atoms with Gasteiger partial charge in [0.15, 0.2) is 0 Å². The van der Waals surface area contributed by atoms with Crippen LogP contribution >= 0.6 is 0 Å². The number of rotatable bonds is 4. The van der Waals surface area contributed by atoms with Gasteiger partial charge in [0.1, 0.15) is 0 Å². The van der Waals surface area contributed by atoms with Gasteiger partial charge in [0.25, 0.3) is 0 Å². The third kappa shape index (κ3) is 2.80.